The van der Waals surface area contributed by atoms with Crippen LogP contribution in [0.4, 0.5) is 0 Å². The molecule has 0 atom stereocenters. The number of hydrogen-bond donors (Lipinski definition) is 1. The minimum absolute atomic E-state index is 0.0544. The quantitative estimate of drug-likeness (QED) is 0.698. The van der Waals surface area contributed by atoms with Gasteiger partial charge in [0.2, 0.25) is 0 Å². The van der Waals surface area contributed by atoms with Gasteiger partial charge in [0.05, 0.1) is 29.1 Å². The van der Waals surface area contributed by atoms with Crippen LogP contribution in [-0.2, 0) is 6.54 Å². The fourth-order valence-electron chi connectivity index (χ4n) is 3.53. The standard InChI is InChI=1S/C21H21N7O2/c1-15-18(13-23-28(15)19-6-7-20(29)25-24-19)21(30)27-10-8-26(9-11-27)14-17-4-2-16(12-22)3-5-17/h2-7,13H,8-11,14H2,1H3,(H,25,29). The molecule has 30 heavy (non-hydrogen) atoms. The van der Waals surface area contributed by atoms with Crippen LogP contribution in [-0.4, -0.2) is 61.9 Å². The summed E-state index contributed by atoms with van der Waals surface area (Å²) in [4.78, 5) is 28.3. The Morgan fingerprint density at radius 3 is 2.50 bits per heavy atom. The van der Waals surface area contributed by atoms with Crippen LogP contribution in [0.15, 0.2) is 47.4 Å². The highest BCUT2D eigenvalue weighted by molar-refractivity contribution is 5.95. The van der Waals surface area contributed by atoms with Gasteiger partial charge in [0.1, 0.15) is 0 Å². The van der Waals surface area contributed by atoms with Gasteiger partial charge in [0.15, 0.2) is 5.82 Å². The minimum atomic E-state index is -0.293. The number of H-pyrrole nitrogens is 1. The smallest absolute Gasteiger partial charge is 0.264 e. The number of rotatable bonds is 4. The van der Waals surface area contributed by atoms with Gasteiger partial charge in [-0.25, -0.2) is 9.78 Å². The summed E-state index contributed by atoms with van der Waals surface area (Å²) in [6.07, 6.45) is 1.55. The summed E-state index contributed by atoms with van der Waals surface area (Å²) in [5.41, 5.74) is 2.73. The molecule has 0 unspecified atom stereocenters. The van der Waals surface area contributed by atoms with Gasteiger partial charge < -0.3 is 4.90 Å². The topological polar surface area (TPSA) is 111 Å². The highest BCUT2D eigenvalue weighted by atomic mass is 16.2. The van der Waals surface area contributed by atoms with E-state index in [0.717, 1.165) is 25.2 Å². The number of hydrogen-bond acceptors (Lipinski definition) is 6. The molecule has 1 aliphatic heterocycles. The van der Waals surface area contributed by atoms with Crippen molar-refractivity contribution in [2.24, 2.45) is 0 Å². The molecule has 2 aromatic heterocycles. The molecule has 0 radical (unpaired) electrons. The Morgan fingerprint density at radius 1 is 1.13 bits per heavy atom. The summed E-state index contributed by atoms with van der Waals surface area (Å²) in [6.45, 7) is 5.44. The molecular formula is C21H21N7O2. The van der Waals surface area contributed by atoms with E-state index < -0.39 is 0 Å². The molecule has 3 aromatic rings. The lowest BCUT2D eigenvalue weighted by Gasteiger charge is -2.34. The third-order valence-corrected chi connectivity index (χ3v) is 5.27. The Morgan fingerprint density at radius 2 is 1.87 bits per heavy atom. The van der Waals surface area contributed by atoms with Crippen molar-refractivity contribution in [2.45, 2.75) is 13.5 Å². The minimum Gasteiger partial charge on any atom is -0.336 e. The number of nitrogens with zero attached hydrogens (tertiary/aromatic N) is 6. The third kappa shape index (κ3) is 3.99. The Bertz CT molecular complexity index is 1130. The zero-order chi connectivity index (χ0) is 21.1. The van der Waals surface area contributed by atoms with E-state index in [2.05, 4.69) is 26.3 Å². The maximum atomic E-state index is 13.0. The highest BCUT2D eigenvalue weighted by Crippen LogP contribution is 2.16. The number of benzene rings is 1. The summed E-state index contributed by atoms with van der Waals surface area (Å²) < 4.78 is 1.55. The van der Waals surface area contributed by atoms with Crippen molar-refractivity contribution in [1.29, 1.82) is 5.26 Å². The molecule has 1 saturated heterocycles. The van der Waals surface area contributed by atoms with E-state index in [0.29, 0.717) is 35.7 Å². The lowest BCUT2D eigenvalue weighted by atomic mass is 10.1. The largest absolute Gasteiger partial charge is 0.336 e. The molecule has 3 heterocycles. The number of carbonyl (C=O) groups excluding carboxylic acids is 1. The second-order valence-corrected chi connectivity index (χ2v) is 7.21. The van der Waals surface area contributed by atoms with Gasteiger partial charge in [-0.15, -0.1) is 0 Å². The van der Waals surface area contributed by atoms with Crippen molar-refractivity contribution in [2.75, 3.05) is 26.2 Å². The van der Waals surface area contributed by atoms with Crippen LogP contribution in [0.1, 0.15) is 27.2 Å². The molecule has 1 fully saturated rings. The van der Waals surface area contributed by atoms with Crippen LogP contribution in [0.3, 0.4) is 0 Å². The number of nitrogens with one attached hydrogen (secondary N) is 1. The van der Waals surface area contributed by atoms with Gasteiger partial charge >= 0.3 is 0 Å². The predicted molar refractivity (Wildman–Crippen MR) is 109 cm³/mol. The van der Waals surface area contributed by atoms with E-state index >= 15 is 0 Å². The Labute approximate surface area is 173 Å². The number of aromatic amines is 1. The zero-order valence-corrected chi connectivity index (χ0v) is 16.6. The van der Waals surface area contributed by atoms with E-state index in [1.54, 1.807) is 16.9 Å². The fraction of sp³-hybridized carbons (Fsp3) is 0.286. The average Bonchev–Trinajstić information content (AvgIpc) is 3.16. The molecule has 1 aliphatic rings. The number of nitriles is 1. The van der Waals surface area contributed by atoms with Gasteiger partial charge in [-0.2, -0.15) is 15.5 Å². The zero-order valence-electron chi connectivity index (χ0n) is 16.6. The van der Waals surface area contributed by atoms with E-state index in [1.165, 1.54) is 6.07 Å². The first-order valence-corrected chi connectivity index (χ1v) is 9.66. The molecule has 9 heteroatoms. The van der Waals surface area contributed by atoms with Crippen molar-refractivity contribution in [3.8, 4) is 11.9 Å². The Kier molecular flexibility index (Phi) is 5.41. The average molecular weight is 403 g/mol. The van der Waals surface area contributed by atoms with Gasteiger partial charge in [-0.3, -0.25) is 14.5 Å². The number of amides is 1. The molecule has 0 aliphatic carbocycles. The maximum absolute atomic E-state index is 13.0. The maximum Gasteiger partial charge on any atom is 0.264 e. The molecule has 0 spiro atoms. The van der Waals surface area contributed by atoms with E-state index in [9.17, 15) is 9.59 Å². The third-order valence-electron chi connectivity index (χ3n) is 5.27. The van der Waals surface area contributed by atoms with Crippen LogP contribution < -0.4 is 5.56 Å². The van der Waals surface area contributed by atoms with E-state index in [-0.39, 0.29) is 11.5 Å². The normalized spacial score (nSPS) is 14.5. The molecule has 152 valence electrons. The molecule has 0 saturated carbocycles. The van der Waals surface area contributed by atoms with E-state index in [1.807, 2.05) is 36.1 Å². The van der Waals surface area contributed by atoms with Crippen molar-refractivity contribution >= 4 is 5.91 Å². The Balaban J connectivity index is 1.39. The number of piperazine rings is 1. The highest BCUT2D eigenvalue weighted by Gasteiger charge is 2.25. The fourth-order valence-corrected chi connectivity index (χ4v) is 3.53. The van der Waals surface area contributed by atoms with E-state index in [4.69, 9.17) is 5.26 Å². The lowest BCUT2D eigenvalue weighted by molar-refractivity contribution is 0.0627. The second-order valence-electron chi connectivity index (χ2n) is 7.21. The lowest BCUT2D eigenvalue weighted by Crippen LogP contribution is -2.48. The Hall–Kier alpha value is -3.77. The number of carbonyl (C=O) groups is 1. The second kappa shape index (κ2) is 8.31. The van der Waals surface area contributed by atoms with Crippen molar-refractivity contribution in [3.05, 3.63) is 75.3 Å². The molecule has 4 rings (SSSR count). The SMILES string of the molecule is Cc1c(C(=O)N2CCN(Cc3ccc(C#N)cc3)CC2)cnn1-c1ccc(=O)[nH]n1. The molecule has 0 bridgehead atoms. The summed E-state index contributed by atoms with van der Waals surface area (Å²) >= 11 is 0. The first-order chi connectivity index (χ1) is 14.5. The van der Waals surface area contributed by atoms with Gasteiger partial charge in [-0.1, -0.05) is 12.1 Å². The van der Waals surface area contributed by atoms with Crippen molar-refractivity contribution < 1.29 is 4.79 Å². The molecule has 1 aromatic carbocycles. The van der Waals surface area contributed by atoms with Crippen LogP contribution in [0.25, 0.3) is 5.82 Å². The first-order valence-electron chi connectivity index (χ1n) is 9.66. The van der Waals surface area contributed by atoms with Crippen LogP contribution in [0.2, 0.25) is 0 Å². The van der Waals surface area contributed by atoms with Gasteiger partial charge in [-0.05, 0) is 30.7 Å². The van der Waals surface area contributed by atoms with Crippen LogP contribution in [0.5, 0.6) is 0 Å². The monoisotopic (exact) mass is 403 g/mol. The summed E-state index contributed by atoms with van der Waals surface area (Å²) in [7, 11) is 0. The van der Waals surface area contributed by atoms with Gasteiger partial charge in [0.25, 0.3) is 11.5 Å². The molecular weight excluding hydrogens is 382 g/mol. The van der Waals surface area contributed by atoms with Crippen molar-refractivity contribution in [3.63, 3.8) is 0 Å². The molecule has 9 nitrogen and oxygen atoms in total. The van der Waals surface area contributed by atoms with Gasteiger partial charge in [0, 0.05) is 38.8 Å². The summed E-state index contributed by atoms with van der Waals surface area (Å²) in [6, 6.07) is 12.7. The van der Waals surface area contributed by atoms with Crippen LogP contribution in [0, 0.1) is 18.3 Å². The first kappa shape index (κ1) is 19.5. The number of aromatic nitrogens is 4. The summed E-state index contributed by atoms with van der Waals surface area (Å²) in [5, 5.41) is 19.5. The van der Waals surface area contributed by atoms with Crippen LogP contribution >= 0.6 is 0 Å². The molecule has 1 amide bonds. The van der Waals surface area contributed by atoms with Crippen molar-refractivity contribution in [1.82, 2.24) is 29.8 Å². The molecule has 1 N–H and O–H groups in total. The summed E-state index contributed by atoms with van der Waals surface area (Å²) in [5.74, 6) is 0.402. The predicted octanol–water partition coefficient (Wildman–Crippen LogP) is 1.09.